The first kappa shape index (κ1) is 12.7. The molecule has 1 aromatic rings. The molecule has 1 aromatic carbocycles. The molecule has 1 aliphatic heterocycles. The van der Waals surface area contributed by atoms with E-state index in [2.05, 4.69) is 16.0 Å². The highest BCUT2D eigenvalue weighted by atomic mass is 35.5. The highest BCUT2D eigenvalue weighted by molar-refractivity contribution is 6.30. The Kier molecular flexibility index (Phi) is 4.04. The fourth-order valence-electron chi connectivity index (χ4n) is 1.73. The summed E-state index contributed by atoms with van der Waals surface area (Å²) in [6, 6.07) is 6.85. The molecule has 96 valence electrons. The van der Waals surface area contributed by atoms with E-state index >= 15 is 0 Å². The summed E-state index contributed by atoms with van der Waals surface area (Å²) in [4.78, 5) is 22.5. The van der Waals surface area contributed by atoms with Crippen molar-refractivity contribution in [3.05, 3.63) is 34.9 Å². The Balaban J connectivity index is 1.74. The van der Waals surface area contributed by atoms with Crippen molar-refractivity contribution in [1.82, 2.24) is 16.0 Å². The van der Waals surface area contributed by atoms with Gasteiger partial charge >= 0.3 is 6.03 Å². The van der Waals surface area contributed by atoms with Gasteiger partial charge in [0.15, 0.2) is 0 Å². The second kappa shape index (κ2) is 5.73. The van der Waals surface area contributed by atoms with Crippen LogP contribution in [0.25, 0.3) is 0 Å². The van der Waals surface area contributed by atoms with E-state index in [1.54, 1.807) is 12.1 Å². The number of halogens is 1. The molecule has 0 unspecified atom stereocenters. The maximum atomic E-state index is 11.6. The van der Waals surface area contributed by atoms with Crippen LogP contribution in [0.2, 0.25) is 5.02 Å². The Morgan fingerprint density at radius 1 is 1.39 bits per heavy atom. The first-order chi connectivity index (χ1) is 8.63. The molecule has 6 heteroatoms. The SMILES string of the molecule is O=C1C[C@@H](NC(=O)NCc2ccc(Cl)cc2)CN1. The predicted molar refractivity (Wildman–Crippen MR) is 68.2 cm³/mol. The second-order valence-corrected chi connectivity index (χ2v) is 4.60. The zero-order valence-electron chi connectivity index (χ0n) is 9.70. The third-order valence-electron chi connectivity index (χ3n) is 2.68. The molecule has 3 N–H and O–H groups in total. The second-order valence-electron chi connectivity index (χ2n) is 4.16. The Labute approximate surface area is 110 Å². The maximum absolute atomic E-state index is 11.6. The van der Waals surface area contributed by atoms with Crippen LogP contribution in [0.3, 0.4) is 0 Å². The summed E-state index contributed by atoms with van der Waals surface area (Å²) >= 11 is 5.76. The van der Waals surface area contributed by atoms with Gasteiger partial charge in [-0.15, -0.1) is 0 Å². The molecule has 0 saturated carbocycles. The Morgan fingerprint density at radius 3 is 2.72 bits per heavy atom. The van der Waals surface area contributed by atoms with Gasteiger partial charge in [0, 0.05) is 24.5 Å². The first-order valence-corrected chi connectivity index (χ1v) is 6.07. The lowest BCUT2D eigenvalue weighted by molar-refractivity contribution is -0.119. The average molecular weight is 268 g/mol. The van der Waals surface area contributed by atoms with Gasteiger partial charge in [0.25, 0.3) is 0 Å². The van der Waals surface area contributed by atoms with Crippen molar-refractivity contribution in [3.8, 4) is 0 Å². The zero-order chi connectivity index (χ0) is 13.0. The summed E-state index contributed by atoms with van der Waals surface area (Å²) in [6.07, 6.45) is 0.342. The molecule has 0 bridgehead atoms. The molecule has 0 aliphatic carbocycles. The summed E-state index contributed by atoms with van der Waals surface area (Å²) in [5.74, 6) is -0.0296. The fraction of sp³-hybridized carbons (Fsp3) is 0.333. The average Bonchev–Trinajstić information content (AvgIpc) is 2.74. The molecule has 0 aromatic heterocycles. The number of amides is 3. The van der Waals surface area contributed by atoms with Crippen molar-refractivity contribution in [2.24, 2.45) is 0 Å². The van der Waals surface area contributed by atoms with E-state index in [-0.39, 0.29) is 18.0 Å². The highest BCUT2D eigenvalue weighted by Crippen LogP contribution is 2.09. The smallest absolute Gasteiger partial charge is 0.315 e. The number of urea groups is 1. The van der Waals surface area contributed by atoms with E-state index in [0.717, 1.165) is 5.56 Å². The summed E-state index contributed by atoms with van der Waals surface area (Å²) in [7, 11) is 0. The van der Waals surface area contributed by atoms with Crippen molar-refractivity contribution in [2.75, 3.05) is 6.54 Å². The number of carbonyl (C=O) groups excluding carboxylic acids is 2. The lowest BCUT2D eigenvalue weighted by atomic mass is 10.2. The van der Waals surface area contributed by atoms with Crippen LogP contribution in [-0.2, 0) is 11.3 Å². The van der Waals surface area contributed by atoms with Gasteiger partial charge in [-0.2, -0.15) is 0 Å². The molecular formula is C12H14ClN3O2. The molecule has 5 nitrogen and oxygen atoms in total. The normalized spacial score (nSPS) is 18.3. The molecule has 1 heterocycles. The molecular weight excluding hydrogens is 254 g/mol. The zero-order valence-corrected chi connectivity index (χ0v) is 10.5. The molecule has 1 aliphatic rings. The first-order valence-electron chi connectivity index (χ1n) is 5.69. The summed E-state index contributed by atoms with van der Waals surface area (Å²) in [6.45, 7) is 0.921. The third-order valence-corrected chi connectivity index (χ3v) is 2.93. The summed E-state index contributed by atoms with van der Waals surface area (Å²) < 4.78 is 0. The van der Waals surface area contributed by atoms with Crippen LogP contribution in [0.1, 0.15) is 12.0 Å². The Hall–Kier alpha value is -1.75. The van der Waals surface area contributed by atoms with E-state index in [1.165, 1.54) is 0 Å². The highest BCUT2D eigenvalue weighted by Gasteiger charge is 2.22. The van der Waals surface area contributed by atoms with E-state index in [4.69, 9.17) is 11.6 Å². The van der Waals surface area contributed by atoms with Crippen LogP contribution in [0, 0.1) is 0 Å². The molecule has 2 rings (SSSR count). The van der Waals surface area contributed by atoms with Gasteiger partial charge < -0.3 is 16.0 Å². The van der Waals surface area contributed by atoms with Crippen LogP contribution in [0.5, 0.6) is 0 Å². The van der Waals surface area contributed by atoms with Gasteiger partial charge in [-0.3, -0.25) is 4.79 Å². The van der Waals surface area contributed by atoms with Crippen LogP contribution < -0.4 is 16.0 Å². The maximum Gasteiger partial charge on any atom is 0.315 e. The van der Waals surface area contributed by atoms with E-state index in [9.17, 15) is 9.59 Å². The van der Waals surface area contributed by atoms with Crippen LogP contribution in [0.15, 0.2) is 24.3 Å². The number of hydrogen-bond acceptors (Lipinski definition) is 2. The quantitative estimate of drug-likeness (QED) is 0.765. The van der Waals surface area contributed by atoms with Gasteiger partial charge in [-0.05, 0) is 17.7 Å². The van der Waals surface area contributed by atoms with Crippen LogP contribution in [0.4, 0.5) is 4.79 Å². The lowest BCUT2D eigenvalue weighted by Crippen LogP contribution is -2.42. The van der Waals surface area contributed by atoms with Crippen molar-refractivity contribution >= 4 is 23.5 Å². The number of carbonyl (C=O) groups is 2. The number of nitrogens with one attached hydrogen (secondary N) is 3. The fourth-order valence-corrected chi connectivity index (χ4v) is 1.85. The molecule has 1 saturated heterocycles. The van der Waals surface area contributed by atoms with Gasteiger partial charge in [-0.25, -0.2) is 4.79 Å². The van der Waals surface area contributed by atoms with E-state index in [1.807, 2.05) is 12.1 Å². The van der Waals surface area contributed by atoms with Crippen molar-refractivity contribution in [3.63, 3.8) is 0 Å². The number of hydrogen-bond donors (Lipinski definition) is 3. The van der Waals surface area contributed by atoms with E-state index < -0.39 is 0 Å². The standard InChI is InChI=1S/C12H14ClN3O2/c13-9-3-1-8(2-4-9)6-15-12(18)16-10-5-11(17)14-7-10/h1-4,10H,5-7H2,(H,14,17)(H2,15,16,18)/t10-/m1/s1. The summed E-state index contributed by atoms with van der Waals surface area (Å²) in [5, 5.41) is 8.78. The van der Waals surface area contributed by atoms with Crippen molar-refractivity contribution in [2.45, 2.75) is 19.0 Å². The minimum Gasteiger partial charge on any atom is -0.354 e. The molecule has 0 radical (unpaired) electrons. The van der Waals surface area contributed by atoms with Gasteiger partial charge in [0.05, 0.1) is 6.04 Å². The number of benzene rings is 1. The summed E-state index contributed by atoms with van der Waals surface area (Å²) in [5.41, 5.74) is 0.968. The Morgan fingerprint density at radius 2 is 2.11 bits per heavy atom. The van der Waals surface area contributed by atoms with Gasteiger partial charge in [0.1, 0.15) is 0 Å². The van der Waals surface area contributed by atoms with Gasteiger partial charge in [0.2, 0.25) is 5.91 Å². The van der Waals surface area contributed by atoms with Crippen molar-refractivity contribution < 1.29 is 9.59 Å². The topological polar surface area (TPSA) is 70.2 Å². The van der Waals surface area contributed by atoms with E-state index in [0.29, 0.717) is 24.5 Å². The minimum atomic E-state index is -0.272. The van der Waals surface area contributed by atoms with Gasteiger partial charge in [-0.1, -0.05) is 23.7 Å². The minimum absolute atomic E-state index is 0.0296. The monoisotopic (exact) mass is 267 g/mol. The molecule has 1 fully saturated rings. The van der Waals surface area contributed by atoms with Crippen LogP contribution in [-0.4, -0.2) is 24.5 Å². The predicted octanol–water partition coefficient (Wildman–Crippen LogP) is 1.03. The Bertz CT molecular complexity index is 447. The molecule has 3 amide bonds. The van der Waals surface area contributed by atoms with Crippen molar-refractivity contribution in [1.29, 1.82) is 0 Å². The largest absolute Gasteiger partial charge is 0.354 e. The molecule has 1 atom stereocenters. The third kappa shape index (κ3) is 3.63. The molecule has 18 heavy (non-hydrogen) atoms. The van der Waals surface area contributed by atoms with Crippen LogP contribution >= 0.6 is 11.6 Å². The lowest BCUT2D eigenvalue weighted by Gasteiger charge is -2.11. The number of rotatable bonds is 3. The molecule has 0 spiro atoms.